The fraction of sp³-hybridized carbons (Fsp3) is 0.692. The molecule has 0 aliphatic carbocycles. The van der Waals surface area contributed by atoms with Gasteiger partial charge in [0.25, 0.3) is 0 Å². The summed E-state index contributed by atoms with van der Waals surface area (Å²) < 4.78 is 24.8. The Hall–Kier alpha value is -1.21. The van der Waals surface area contributed by atoms with Crippen LogP contribution in [-0.4, -0.2) is 56.4 Å². The highest BCUT2D eigenvalue weighted by molar-refractivity contribution is 7.88. The third kappa shape index (κ3) is 3.89. The Morgan fingerprint density at radius 2 is 2.10 bits per heavy atom. The van der Waals surface area contributed by atoms with E-state index in [0.29, 0.717) is 19.0 Å². The first-order valence-corrected chi connectivity index (χ1v) is 8.66. The van der Waals surface area contributed by atoms with Crippen molar-refractivity contribution in [2.24, 2.45) is 5.92 Å². The number of piperidine rings is 1. The summed E-state index contributed by atoms with van der Waals surface area (Å²) in [6, 6.07) is 3.92. The number of rotatable bonds is 4. The highest BCUT2D eigenvalue weighted by atomic mass is 32.2. The van der Waals surface area contributed by atoms with Gasteiger partial charge in [0.2, 0.25) is 10.0 Å². The molecule has 0 amide bonds. The molecular weight excluding hydrogens is 276 g/mol. The first-order valence-electron chi connectivity index (χ1n) is 6.81. The minimum Gasteiger partial charge on any atom is -0.361 e. The maximum absolute atomic E-state index is 11.6. The Kier molecular flexibility index (Phi) is 4.59. The van der Waals surface area contributed by atoms with Gasteiger partial charge in [0.05, 0.1) is 11.9 Å². The largest absolute Gasteiger partial charge is 0.361 e. The molecule has 6 nitrogen and oxygen atoms in total. The summed E-state index contributed by atoms with van der Waals surface area (Å²) in [6.45, 7) is 1.23. The van der Waals surface area contributed by atoms with Gasteiger partial charge < -0.3 is 4.90 Å². The van der Waals surface area contributed by atoms with Crippen LogP contribution >= 0.6 is 0 Å². The van der Waals surface area contributed by atoms with Crippen LogP contribution in [0.4, 0.5) is 5.82 Å². The molecule has 112 valence electrons. The van der Waals surface area contributed by atoms with Crippen LogP contribution < -0.4 is 4.90 Å². The Bertz CT molecular complexity index is 542. The lowest BCUT2D eigenvalue weighted by atomic mass is 9.94. The van der Waals surface area contributed by atoms with Crippen molar-refractivity contribution in [3.05, 3.63) is 17.8 Å². The van der Waals surface area contributed by atoms with E-state index in [1.807, 2.05) is 31.1 Å². The Morgan fingerprint density at radius 1 is 1.35 bits per heavy atom. The number of nitrogens with zero attached hydrogens (tertiary/aromatic N) is 4. The molecule has 20 heavy (non-hydrogen) atoms. The van der Waals surface area contributed by atoms with Crippen LogP contribution in [0.25, 0.3) is 0 Å². The molecule has 1 aromatic heterocycles. The van der Waals surface area contributed by atoms with E-state index in [1.165, 1.54) is 6.26 Å². The van der Waals surface area contributed by atoms with Crippen molar-refractivity contribution in [1.82, 2.24) is 14.5 Å². The monoisotopic (exact) mass is 298 g/mol. The molecule has 1 fully saturated rings. The molecule has 2 rings (SSSR count). The van der Waals surface area contributed by atoms with Crippen molar-refractivity contribution in [2.45, 2.75) is 19.3 Å². The molecule has 0 radical (unpaired) electrons. The van der Waals surface area contributed by atoms with Gasteiger partial charge in [0.1, 0.15) is 0 Å². The topological polar surface area (TPSA) is 66.4 Å². The predicted octanol–water partition coefficient (Wildman–Crippen LogP) is 0.757. The Morgan fingerprint density at radius 3 is 2.65 bits per heavy atom. The van der Waals surface area contributed by atoms with Crippen LogP contribution in [0.5, 0.6) is 0 Å². The number of anilines is 1. The van der Waals surface area contributed by atoms with Gasteiger partial charge >= 0.3 is 0 Å². The maximum Gasteiger partial charge on any atom is 0.211 e. The number of hydrogen-bond acceptors (Lipinski definition) is 5. The summed E-state index contributed by atoms with van der Waals surface area (Å²) >= 11 is 0. The van der Waals surface area contributed by atoms with Crippen LogP contribution in [-0.2, 0) is 16.4 Å². The van der Waals surface area contributed by atoms with Crippen molar-refractivity contribution < 1.29 is 8.42 Å². The van der Waals surface area contributed by atoms with Gasteiger partial charge in [-0.15, -0.1) is 5.10 Å². The molecule has 0 saturated carbocycles. The van der Waals surface area contributed by atoms with Gasteiger partial charge in [-0.1, -0.05) is 0 Å². The molecular formula is C13H22N4O2S. The SMILES string of the molecule is CN(C)c1ccc(C[C@H]2CCCN(S(C)(=O)=O)C2)nn1. The Labute approximate surface area is 120 Å². The van der Waals surface area contributed by atoms with E-state index >= 15 is 0 Å². The molecule has 2 heterocycles. The van der Waals surface area contributed by atoms with Crippen molar-refractivity contribution in [1.29, 1.82) is 0 Å². The van der Waals surface area contributed by atoms with Crippen molar-refractivity contribution in [3.63, 3.8) is 0 Å². The predicted molar refractivity (Wildman–Crippen MR) is 79.2 cm³/mol. The minimum atomic E-state index is -3.08. The fourth-order valence-electron chi connectivity index (χ4n) is 2.49. The molecule has 0 bridgehead atoms. The van der Waals surface area contributed by atoms with E-state index in [2.05, 4.69) is 10.2 Å². The number of aromatic nitrogens is 2. The normalized spacial score (nSPS) is 20.9. The summed E-state index contributed by atoms with van der Waals surface area (Å²) in [5.74, 6) is 1.16. The zero-order valence-electron chi connectivity index (χ0n) is 12.3. The quantitative estimate of drug-likeness (QED) is 0.821. The fourth-order valence-corrected chi connectivity index (χ4v) is 3.43. The van der Waals surface area contributed by atoms with Crippen LogP contribution in [0, 0.1) is 5.92 Å². The van der Waals surface area contributed by atoms with E-state index in [4.69, 9.17) is 0 Å². The van der Waals surface area contributed by atoms with Crippen molar-refractivity contribution in [2.75, 3.05) is 38.3 Å². The molecule has 1 aliphatic rings. The smallest absolute Gasteiger partial charge is 0.211 e. The average molecular weight is 298 g/mol. The lowest BCUT2D eigenvalue weighted by Gasteiger charge is -2.30. The van der Waals surface area contributed by atoms with Crippen LogP contribution in [0.15, 0.2) is 12.1 Å². The molecule has 1 aromatic rings. The maximum atomic E-state index is 11.6. The van der Waals surface area contributed by atoms with E-state index < -0.39 is 10.0 Å². The molecule has 0 N–H and O–H groups in total. The van der Waals surface area contributed by atoms with E-state index in [0.717, 1.165) is 30.8 Å². The molecule has 1 aliphatic heterocycles. The van der Waals surface area contributed by atoms with E-state index in [1.54, 1.807) is 4.31 Å². The number of hydrogen-bond donors (Lipinski definition) is 0. The third-order valence-electron chi connectivity index (χ3n) is 3.61. The van der Waals surface area contributed by atoms with Gasteiger partial charge in [-0.2, -0.15) is 5.10 Å². The van der Waals surface area contributed by atoms with E-state index in [9.17, 15) is 8.42 Å². The van der Waals surface area contributed by atoms with Gasteiger partial charge in [-0.25, -0.2) is 12.7 Å². The second-order valence-electron chi connectivity index (χ2n) is 5.61. The van der Waals surface area contributed by atoms with E-state index in [-0.39, 0.29) is 0 Å². The van der Waals surface area contributed by atoms with Gasteiger partial charge in [0.15, 0.2) is 5.82 Å². The number of sulfonamides is 1. The molecule has 0 spiro atoms. The second kappa shape index (κ2) is 6.05. The molecule has 0 unspecified atom stereocenters. The zero-order chi connectivity index (χ0) is 14.8. The van der Waals surface area contributed by atoms with Crippen LogP contribution in [0.3, 0.4) is 0 Å². The van der Waals surface area contributed by atoms with Gasteiger partial charge in [-0.3, -0.25) is 0 Å². The molecule has 1 saturated heterocycles. The standard InChI is InChI=1S/C13H22N4O2S/c1-16(2)13-7-6-12(14-15-13)9-11-5-4-8-17(10-11)20(3,18)19/h6-7,11H,4-5,8-10H2,1-3H3/t11-/m1/s1. The Balaban J connectivity index is 1.99. The first kappa shape index (κ1) is 15.2. The highest BCUT2D eigenvalue weighted by Gasteiger charge is 2.26. The lowest BCUT2D eigenvalue weighted by molar-refractivity contribution is 0.265. The summed E-state index contributed by atoms with van der Waals surface area (Å²) in [7, 11) is 0.772. The van der Waals surface area contributed by atoms with Gasteiger partial charge in [-0.05, 0) is 37.3 Å². The molecule has 1 atom stereocenters. The second-order valence-corrected chi connectivity index (χ2v) is 7.59. The summed E-state index contributed by atoms with van der Waals surface area (Å²) in [5, 5.41) is 8.38. The zero-order valence-corrected chi connectivity index (χ0v) is 13.1. The lowest BCUT2D eigenvalue weighted by Crippen LogP contribution is -2.39. The highest BCUT2D eigenvalue weighted by Crippen LogP contribution is 2.22. The van der Waals surface area contributed by atoms with Gasteiger partial charge in [0, 0.05) is 27.2 Å². The molecule has 0 aromatic carbocycles. The first-order chi connectivity index (χ1) is 9.36. The summed E-state index contributed by atoms with van der Waals surface area (Å²) in [4.78, 5) is 1.91. The summed E-state index contributed by atoms with van der Waals surface area (Å²) in [6.07, 6.45) is 4.03. The third-order valence-corrected chi connectivity index (χ3v) is 4.88. The van der Waals surface area contributed by atoms with Crippen LogP contribution in [0.1, 0.15) is 18.5 Å². The van der Waals surface area contributed by atoms with Crippen molar-refractivity contribution >= 4 is 15.8 Å². The molecule has 7 heteroatoms. The average Bonchev–Trinajstić information content (AvgIpc) is 2.38. The van der Waals surface area contributed by atoms with Crippen molar-refractivity contribution in [3.8, 4) is 0 Å². The van der Waals surface area contributed by atoms with Crippen LogP contribution in [0.2, 0.25) is 0 Å². The summed E-state index contributed by atoms with van der Waals surface area (Å²) in [5.41, 5.74) is 0.927. The minimum absolute atomic E-state index is 0.331.